The minimum atomic E-state index is -3.85. The Balaban J connectivity index is 2.28. The number of β-amino-alcohol motifs (C(OH)–C–C–N with tert-alkyl or cyclic N) is 2. The molecule has 1 aliphatic rings. The Bertz CT molecular complexity index is 555. The Morgan fingerprint density at radius 1 is 1.28 bits per heavy atom. The van der Waals surface area contributed by atoms with E-state index in [0.717, 1.165) is 4.31 Å². The highest BCUT2D eigenvalue weighted by atomic mass is 32.2. The molecule has 100 valence electrons. The summed E-state index contributed by atoms with van der Waals surface area (Å²) in [6, 6.07) is 2.42. The second-order valence-electron chi connectivity index (χ2n) is 3.88. The van der Waals surface area contributed by atoms with Gasteiger partial charge in [-0.05, 0) is 12.1 Å². The number of thiophene rings is 1. The van der Waals surface area contributed by atoms with E-state index in [9.17, 15) is 23.4 Å². The molecule has 0 unspecified atom stereocenters. The van der Waals surface area contributed by atoms with Gasteiger partial charge in [-0.15, -0.1) is 11.3 Å². The fourth-order valence-electron chi connectivity index (χ4n) is 1.63. The molecule has 1 saturated heterocycles. The first-order valence-corrected chi connectivity index (χ1v) is 7.27. The van der Waals surface area contributed by atoms with Gasteiger partial charge in [0.05, 0.1) is 12.2 Å². The summed E-state index contributed by atoms with van der Waals surface area (Å²) in [6.45, 7) is -0.381. The fourth-order valence-corrected chi connectivity index (χ4v) is 4.41. The highest BCUT2D eigenvalue weighted by Gasteiger charge is 2.38. The van der Waals surface area contributed by atoms with Crippen molar-refractivity contribution in [3.8, 4) is 0 Å². The largest absolute Gasteiger partial charge is 0.477 e. The van der Waals surface area contributed by atoms with Crippen LogP contribution in [0.2, 0.25) is 0 Å². The van der Waals surface area contributed by atoms with Gasteiger partial charge in [-0.25, -0.2) is 13.2 Å². The molecule has 0 aromatic carbocycles. The van der Waals surface area contributed by atoms with Gasteiger partial charge in [-0.2, -0.15) is 4.31 Å². The van der Waals surface area contributed by atoms with Crippen molar-refractivity contribution < 1.29 is 28.5 Å². The van der Waals surface area contributed by atoms with E-state index in [-0.39, 0.29) is 22.2 Å². The standard InChI is InChI=1S/C9H11NO6S2/c11-5-3-10(4-6(5)12)18(15,16)8-2-1-7(17-8)9(13)14/h1-2,5-6,11-12H,3-4H2,(H,13,14)/t5-,6+. The topological polar surface area (TPSA) is 115 Å². The third-order valence-corrected chi connectivity index (χ3v) is 5.98. The number of carboxylic acid groups (broad SMARTS) is 1. The zero-order valence-electron chi connectivity index (χ0n) is 9.05. The van der Waals surface area contributed by atoms with Crippen LogP contribution in [0.25, 0.3) is 0 Å². The summed E-state index contributed by atoms with van der Waals surface area (Å²) >= 11 is 0.645. The Kier molecular flexibility index (Phi) is 3.43. The van der Waals surface area contributed by atoms with Crippen LogP contribution in [0.15, 0.2) is 16.3 Å². The maximum absolute atomic E-state index is 12.1. The highest BCUT2D eigenvalue weighted by molar-refractivity contribution is 7.91. The van der Waals surface area contributed by atoms with Gasteiger partial charge in [-0.3, -0.25) is 0 Å². The maximum atomic E-state index is 12.1. The van der Waals surface area contributed by atoms with Crippen molar-refractivity contribution in [1.82, 2.24) is 4.31 Å². The van der Waals surface area contributed by atoms with Gasteiger partial charge in [0.15, 0.2) is 0 Å². The lowest BCUT2D eigenvalue weighted by Gasteiger charge is -2.13. The Morgan fingerprint density at radius 2 is 1.83 bits per heavy atom. The van der Waals surface area contributed by atoms with Crippen LogP contribution in [0.1, 0.15) is 9.67 Å². The molecule has 1 fully saturated rings. The van der Waals surface area contributed by atoms with Crippen LogP contribution in [0.3, 0.4) is 0 Å². The molecule has 0 aliphatic carbocycles. The molecule has 0 radical (unpaired) electrons. The number of sulfonamides is 1. The van der Waals surface area contributed by atoms with E-state index < -0.39 is 28.2 Å². The van der Waals surface area contributed by atoms with Gasteiger partial charge in [0.2, 0.25) is 0 Å². The predicted molar refractivity (Wildman–Crippen MR) is 62.1 cm³/mol. The molecule has 7 nitrogen and oxygen atoms in total. The summed E-state index contributed by atoms with van der Waals surface area (Å²) in [5.74, 6) is -1.19. The third-order valence-electron chi connectivity index (χ3n) is 2.61. The van der Waals surface area contributed by atoms with Crippen molar-refractivity contribution in [2.75, 3.05) is 13.1 Å². The summed E-state index contributed by atoms with van der Waals surface area (Å²) in [7, 11) is -3.85. The first-order chi connectivity index (χ1) is 8.32. The summed E-state index contributed by atoms with van der Waals surface area (Å²) in [4.78, 5) is 10.6. The Hall–Kier alpha value is -1.00. The molecule has 1 aromatic rings. The zero-order valence-corrected chi connectivity index (χ0v) is 10.7. The van der Waals surface area contributed by atoms with Crippen LogP contribution in [-0.2, 0) is 10.0 Å². The molecular weight excluding hydrogens is 282 g/mol. The molecule has 18 heavy (non-hydrogen) atoms. The SMILES string of the molecule is O=C(O)c1ccc(S(=O)(=O)N2C[C@@H](O)[C@@H](O)C2)s1. The summed E-state index contributed by atoms with van der Waals surface area (Å²) in [6.07, 6.45) is -2.22. The van der Waals surface area contributed by atoms with E-state index in [1.54, 1.807) is 0 Å². The normalized spacial score (nSPS) is 25.4. The van der Waals surface area contributed by atoms with Crippen molar-refractivity contribution in [3.63, 3.8) is 0 Å². The fraction of sp³-hybridized carbons (Fsp3) is 0.444. The average molecular weight is 293 g/mol. The second-order valence-corrected chi connectivity index (χ2v) is 7.13. The molecule has 3 N–H and O–H groups in total. The molecule has 0 spiro atoms. The van der Waals surface area contributed by atoms with Gasteiger partial charge in [-0.1, -0.05) is 0 Å². The Labute approximate surface area is 107 Å². The van der Waals surface area contributed by atoms with Crippen molar-refractivity contribution in [2.24, 2.45) is 0 Å². The van der Waals surface area contributed by atoms with Gasteiger partial charge in [0, 0.05) is 13.1 Å². The lowest BCUT2D eigenvalue weighted by molar-refractivity contribution is 0.0572. The van der Waals surface area contributed by atoms with Crippen LogP contribution in [0.5, 0.6) is 0 Å². The first-order valence-electron chi connectivity index (χ1n) is 5.02. The summed E-state index contributed by atoms with van der Waals surface area (Å²) < 4.78 is 25.0. The highest BCUT2D eigenvalue weighted by Crippen LogP contribution is 2.27. The van der Waals surface area contributed by atoms with Crippen LogP contribution in [0.4, 0.5) is 0 Å². The van der Waals surface area contributed by atoms with Crippen LogP contribution in [0, 0.1) is 0 Å². The number of carboxylic acids is 1. The maximum Gasteiger partial charge on any atom is 0.345 e. The van der Waals surface area contributed by atoms with Crippen molar-refractivity contribution >= 4 is 27.3 Å². The van der Waals surface area contributed by atoms with E-state index in [1.165, 1.54) is 12.1 Å². The van der Waals surface area contributed by atoms with E-state index in [0.29, 0.717) is 11.3 Å². The molecule has 2 heterocycles. The average Bonchev–Trinajstić information content (AvgIpc) is 2.87. The monoisotopic (exact) mass is 293 g/mol. The number of aliphatic hydroxyl groups is 2. The number of hydrogen-bond acceptors (Lipinski definition) is 6. The third kappa shape index (κ3) is 2.27. The summed E-state index contributed by atoms with van der Waals surface area (Å²) in [5.41, 5.74) is 0. The smallest absolute Gasteiger partial charge is 0.345 e. The van der Waals surface area contributed by atoms with Gasteiger partial charge >= 0.3 is 5.97 Å². The minimum Gasteiger partial charge on any atom is -0.477 e. The number of carbonyl (C=O) groups is 1. The van der Waals surface area contributed by atoms with Gasteiger partial charge in [0.25, 0.3) is 10.0 Å². The van der Waals surface area contributed by atoms with Crippen molar-refractivity contribution in [2.45, 2.75) is 16.4 Å². The molecular formula is C9H11NO6S2. The van der Waals surface area contributed by atoms with E-state index >= 15 is 0 Å². The molecule has 9 heteroatoms. The molecule has 0 amide bonds. The molecule has 0 saturated carbocycles. The van der Waals surface area contributed by atoms with E-state index in [1.807, 2.05) is 0 Å². The van der Waals surface area contributed by atoms with Crippen LogP contribution >= 0.6 is 11.3 Å². The lowest BCUT2D eigenvalue weighted by atomic mass is 10.3. The summed E-state index contributed by atoms with van der Waals surface area (Å²) in [5, 5.41) is 27.4. The number of nitrogens with zero attached hydrogens (tertiary/aromatic N) is 1. The van der Waals surface area contributed by atoms with E-state index in [4.69, 9.17) is 5.11 Å². The predicted octanol–water partition coefficient (Wildman–Crippen LogP) is -0.828. The molecule has 2 atom stereocenters. The lowest BCUT2D eigenvalue weighted by Crippen LogP contribution is -2.29. The zero-order chi connectivity index (χ0) is 13.5. The van der Waals surface area contributed by atoms with Gasteiger partial charge < -0.3 is 15.3 Å². The molecule has 1 aliphatic heterocycles. The van der Waals surface area contributed by atoms with E-state index in [2.05, 4.69) is 0 Å². The van der Waals surface area contributed by atoms with Crippen molar-refractivity contribution in [1.29, 1.82) is 0 Å². The van der Waals surface area contributed by atoms with Gasteiger partial charge in [0.1, 0.15) is 9.09 Å². The molecule has 2 rings (SSSR count). The second kappa shape index (κ2) is 4.59. The quantitative estimate of drug-likeness (QED) is 0.670. The number of aromatic carboxylic acids is 1. The molecule has 1 aromatic heterocycles. The minimum absolute atomic E-state index is 0.0751. The van der Waals surface area contributed by atoms with Crippen molar-refractivity contribution in [3.05, 3.63) is 17.0 Å². The number of hydrogen-bond donors (Lipinski definition) is 3. The number of rotatable bonds is 3. The Morgan fingerprint density at radius 3 is 2.28 bits per heavy atom. The first kappa shape index (κ1) is 13.4. The van der Waals surface area contributed by atoms with Crippen LogP contribution < -0.4 is 0 Å². The molecule has 0 bridgehead atoms. The van der Waals surface area contributed by atoms with Crippen LogP contribution in [-0.4, -0.2) is 59.3 Å². The number of aliphatic hydroxyl groups excluding tert-OH is 2.